The molecule has 0 aromatic carbocycles. The third-order valence-corrected chi connectivity index (χ3v) is 1.94. The average Bonchev–Trinajstić information content (AvgIpc) is 2.60. The summed E-state index contributed by atoms with van der Waals surface area (Å²) in [7, 11) is 0. The fourth-order valence-electron chi connectivity index (χ4n) is 1.07. The zero-order chi connectivity index (χ0) is 9.57. The van der Waals surface area contributed by atoms with E-state index in [-0.39, 0.29) is 0 Å². The maximum atomic E-state index is 11.9. The van der Waals surface area contributed by atoms with Crippen LogP contribution in [0.4, 0.5) is 13.2 Å². The molecule has 2 atom stereocenters. The Bertz CT molecular complexity index is 267. The summed E-state index contributed by atoms with van der Waals surface area (Å²) in [4.78, 5) is 10.2. The first kappa shape index (κ1) is 8.84. The SMILES string of the molecule is N#C[C@@]1(C(=O)O)C[C@H]1C(F)(F)F. The number of rotatable bonds is 1. The Morgan fingerprint density at radius 2 is 2.17 bits per heavy atom. The number of nitrogens with zero attached hydrogens (tertiary/aromatic N) is 1. The highest BCUT2D eigenvalue weighted by Gasteiger charge is 2.72. The highest BCUT2D eigenvalue weighted by atomic mass is 19.4. The summed E-state index contributed by atoms with van der Waals surface area (Å²) in [6.07, 6.45) is -5.20. The lowest BCUT2D eigenvalue weighted by molar-refractivity contribution is -0.164. The molecule has 6 heteroatoms. The number of carboxylic acids is 1. The molecule has 0 amide bonds. The average molecular weight is 179 g/mol. The van der Waals surface area contributed by atoms with E-state index in [1.165, 1.54) is 6.07 Å². The Balaban J connectivity index is 2.84. The number of carbonyl (C=O) groups is 1. The number of hydrogen-bond acceptors (Lipinski definition) is 2. The van der Waals surface area contributed by atoms with Gasteiger partial charge in [-0.05, 0) is 6.42 Å². The number of hydrogen-bond donors (Lipinski definition) is 1. The predicted molar refractivity (Wildman–Crippen MR) is 29.8 cm³/mol. The van der Waals surface area contributed by atoms with E-state index >= 15 is 0 Å². The lowest BCUT2D eigenvalue weighted by Gasteiger charge is -2.05. The molecule has 1 aliphatic carbocycles. The van der Waals surface area contributed by atoms with Gasteiger partial charge in [-0.2, -0.15) is 18.4 Å². The van der Waals surface area contributed by atoms with E-state index in [1.54, 1.807) is 0 Å². The number of aliphatic carboxylic acids is 1. The molecule has 3 nitrogen and oxygen atoms in total. The second-order valence-corrected chi connectivity index (χ2v) is 2.69. The Morgan fingerprint density at radius 1 is 1.67 bits per heavy atom. The summed E-state index contributed by atoms with van der Waals surface area (Å²) in [6.45, 7) is 0. The minimum Gasteiger partial charge on any atom is -0.480 e. The van der Waals surface area contributed by atoms with Crippen LogP contribution < -0.4 is 0 Å². The fourth-order valence-corrected chi connectivity index (χ4v) is 1.07. The molecule has 0 aromatic rings. The minimum absolute atomic E-state index is 0.623. The van der Waals surface area contributed by atoms with Crippen molar-refractivity contribution in [2.45, 2.75) is 12.6 Å². The maximum absolute atomic E-state index is 11.9. The Hall–Kier alpha value is -1.25. The normalized spacial score (nSPS) is 34.0. The van der Waals surface area contributed by atoms with Crippen molar-refractivity contribution in [2.24, 2.45) is 11.3 Å². The molecule has 1 N–H and O–H groups in total. The van der Waals surface area contributed by atoms with Crippen LogP contribution >= 0.6 is 0 Å². The molecule has 12 heavy (non-hydrogen) atoms. The molecule has 1 saturated carbocycles. The number of carboxylic acid groups (broad SMARTS) is 1. The van der Waals surface area contributed by atoms with E-state index in [1.807, 2.05) is 0 Å². The van der Waals surface area contributed by atoms with Crippen LogP contribution in [0.25, 0.3) is 0 Å². The molecule has 0 spiro atoms. The number of nitriles is 1. The van der Waals surface area contributed by atoms with E-state index in [0.29, 0.717) is 0 Å². The molecule has 0 aromatic heterocycles. The smallest absolute Gasteiger partial charge is 0.394 e. The zero-order valence-electron chi connectivity index (χ0n) is 5.72. The standard InChI is InChI=1S/C6H4F3NO2/c7-6(8,9)3-1-5(3,2-10)4(11)12/h3H,1H2,(H,11,12)/t3-,5+/m1/s1. The maximum Gasteiger partial charge on any atom is 0.394 e. The first-order valence-corrected chi connectivity index (χ1v) is 3.06. The van der Waals surface area contributed by atoms with Crippen LogP contribution in [0, 0.1) is 22.7 Å². The fraction of sp³-hybridized carbons (Fsp3) is 0.667. The summed E-state index contributed by atoms with van der Waals surface area (Å²) in [6, 6.07) is 1.19. The summed E-state index contributed by atoms with van der Waals surface area (Å²) in [5.41, 5.74) is -2.21. The van der Waals surface area contributed by atoms with Gasteiger partial charge in [-0.15, -0.1) is 0 Å². The Labute approximate surface area is 65.4 Å². The van der Waals surface area contributed by atoms with Gasteiger partial charge in [-0.25, -0.2) is 0 Å². The topological polar surface area (TPSA) is 61.1 Å². The molecular weight excluding hydrogens is 175 g/mol. The van der Waals surface area contributed by atoms with Gasteiger partial charge in [0.2, 0.25) is 0 Å². The molecular formula is C6H4F3NO2. The van der Waals surface area contributed by atoms with Crippen molar-refractivity contribution in [1.29, 1.82) is 5.26 Å². The zero-order valence-corrected chi connectivity index (χ0v) is 5.72. The van der Waals surface area contributed by atoms with Gasteiger partial charge in [-0.3, -0.25) is 4.79 Å². The van der Waals surface area contributed by atoms with E-state index in [4.69, 9.17) is 10.4 Å². The third kappa shape index (κ3) is 1.02. The van der Waals surface area contributed by atoms with Crippen molar-refractivity contribution in [2.75, 3.05) is 0 Å². The summed E-state index contributed by atoms with van der Waals surface area (Å²) in [5.74, 6) is -3.68. The summed E-state index contributed by atoms with van der Waals surface area (Å²) >= 11 is 0. The van der Waals surface area contributed by atoms with Crippen LogP contribution in [-0.4, -0.2) is 17.3 Å². The summed E-state index contributed by atoms with van der Waals surface area (Å²) in [5, 5.41) is 16.5. The van der Waals surface area contributed by atoms with Crippen LogP contribution in [-0.2, 0) is 4.79 Å². The van der Waals surface area contributed by atoms with Crippen molar-refractivity contribution in [3.8, 4) is 6.07 Å². The molecule has 0 bridgehead atoms. The molecule has 0 heterocycles. The van der Waals surface area contributed by atoms with Crippen molar-refractivity contribution in [3.63, 3.8) is 0 Å². The van der Waals surface area contributed by atoms with Crippen molar-refractivity contribution >= 4 is 5.97 Å². The Morgan fingerprint density at radius 3 is 2.25 bits per heavy atom. The third-order valence-electron chi connectivity index (χ3n) is 1.94. The highest BCUT2D eigenvalue weighted by molar-refractivity contribution is 5.82. The second-order valence-electron chi connectivity index (χ2n) is 2.69. The van der Waals surface area contributed by atoms with Gasteiger partial charge in [0.1, 0.15) is 0 Å². The van der Waals surface area contributed by atoms with Gasteiger partial charge in [0.05, 0.1) is 12.0 Å². The number of halogens is 3. The van der Waals surface area contributed by atoms with E-state index in [2.05, 4.69) is 0 Å². The molecule has 0 saturated heterocycles. The molecule has 66 valence electrons. The van der Waals surface area contributed by atoms with Crippen LogP contribution in [0.5, 0.6) is 0 Å². The first-order valence-electron chi connectivity index (χ1n) is 3.06. The van der Waals surface area contributed by atoms with Gasteiger partial charge in [-0.1, -0.05) is 0 Å². The van der Waals surface area contributed by atoms with Crippen LogP contribution in [0.3, 0.4) is 0 Å². The Kier molecular flexibility index (Phi) is 1.56. The second kappa shape index (κ2) is 2.12. The summed E-state index contributed by atoms with van der Waals surface area (Å²) < 4.78 is 35.6. The van der Waals surface area contributed by atoms with Gasteiger partial charge in [0.15, 0.2) is 5.41 Å². The van der Waals surface area contributed by atoms with Gasteiger partial charge in [0.25, 0.3) is 0 Å². The molecule has 0 aliphatic heterocycles. The highest BCUT2D eigenvalue weighted by Crippen LogP contribution is 2.59. The quantitative estimate of drug-likeness (QED) is 0.657. The van der Waals surface area contributed by atoms with Gasteiger partial charge < -0.3 is 5.11 Å². The van der Waals surface area contributed by atoms with Crippen molar-refractivity contribution in [1.82, 2.24) is 0 Å². The van der Waals surface area contributed by atoms with Gasteiger partial charge in [0, 0.05) is 0 Å². The predicted octanol–water partition coefficient (Wildman–Crippen LogP) is 1.16. The van der Waals surface area contributed by atoms with Crippen LogP contribution in [0.2, 0.25) is 0 Å². The lowest BCUT2D eigenvalue weighted by atomic mass is 10.1. The first-order chi connectivity index (χ1) is 5.34. The van der Waals surface area contributed by atoms with Crippen molar-refractivity contribution in [3.05, 3.63) is 0 Å². The molecule has 0 unspecified atom stereocenters. The molecule has 0 radical (unpaired) electrons. The lowest BCUT2D eigenvalue weighted by Crippen LogP contribution is -2.23. The number of alkyl halides is 3. The van der Waals surface area contributed by atoms with Gasteiger partial charge >= 0.3 is 12.1 Å². The van der Waals surface area contributed by atoms with E-state index < -0.39 is 29.9 Å². The molecule has 1 aliphatic rings. The van der Waals surface area contributed by atoms with E-state index in [0.717, 1.165) is 0 Å². The monoisotopic (exact) mass is 179 g/mol. The van der Waals surface area contributed by atoms with Crippen molar-refractivity contribution < 1.29 is 23.1 Å². The van der Waals surface area contributed by atoms with Crippen LogP contribution in [0.1, 0.15) is 6.42 Å². The molecule has 1 rings (SSSR count). The van der Waals surface area contributed by atoms with E-state index in [9.17, 15) is 18.0 Å². The van der Waals surface area contributed by atoms with Crippen LogP contribution in [0.15, 0.2) is 0 Å². The molecule has 1 fully saturated rings. The minimum atomic E-state index is -4.58. The largest absolute Gasteiger partial charge is 0.480 e.